The van der Waals surface area contributed by atoms with Crippen LogP contribution in [0.3, 0.4) is 0 Å². The van der Waals surface area contributed by atoms with Gasteiger partial charge in [0, 0.05) is 36.7 Å². The lowest BCUT2D eigenvalue weighted by molar-refractivity contribution is -0.134. The summed E-state index contributed by atoms with van der Waals surface area (Å²) in [6.45, 7) is 2.18. The molecule has 0 aliphatic carbocycles. The summed E-state index contributed by atoms with van der Waals surface area (Å²) in [5, 5.41) is 18.1. The Morgan fingerprint density at radius 1 is 1.38 bits per heavy atom. The van der Waals surface area contributed by atoms with E-state index in [-0.39, 0.29) is 30.1 Å². The van der Waals surface area contributed by atoms with Gasteiger partial charge in [-0.3, -0.25) is 24.5 Å². The first-order valence-corrected chi connectivity index (χ1v) is 8.24. The van der Waals surface area contributed by atoms with E-state index in [9.17, 15) is 19.5 Å². The maximum Gasteiger partial charge on any atom is 0.271 e. The molecule has 10 nitrogen and oxygen atoms in total. The number of aliphatic hydroxyl groups is 1. The van der Waals surface area contributed by atoms with Crippen molar-refractivity contribution in [2.24, 2.45) is 0 Å². The molecule has 3 heterocycles. The standard InChI is InChI=1S/C16H20N6O4/c1-9-10(15(25)21-20-9)6-14(24)22-5-2-11(13(23)8-22)19-16(26)12-7-17-3-4-18-12/h3-4,7,11,13,23H,2,5-6,8H2,1H3,(H,19,26)(H2,20,21,25)/t11-,13-/m1/s1. The highest BCUT2D eigenvalue weighted by molar-refractivity contribution is 5.92. The van der Waals surface area contributed by atoms with Gasteiger partial charge in [0.25, 0.3) is 11.5 Å². The largest absolute Gasteiger partial charge is 0.389 e. The number of rotatable bonds is 4. The molecule has 0 radical (unpaired) electrons. The molecule has 1 fully saturated rings. The van der Waals surface area contributed by atoms with Gasteiger partial charge < -0.3 is 20.4 Å². The summed E-state index contributed by atoms with van der Waals surface area (Å²) in [5.74, 6) is -0.660. The molecule has 2 atom stereocenters. The topological polar surface area (TPSA) is 144 Å². The predicted molar refractivity (Wildman–Crippen MR) is 90.3 cm³/mol. The van der Waals surface area contributed by atoms with E-state index < -0.39 is 18.1 Å². The van der Waals surface area contributed by atoms with Crippen LogP contribution in [-0.2, 0) is 11.2 Å². The molecule has 26 heavy (non-hydrogen) atoms. The van der Waals surface area contributed by atoms with E-state index in [1.807, 2.05) is 0 Å². The van der Waals surface area contributed by atoms with Gasteiger partial charge in [-0.2, -0.15) is 0 Å². The van der Waals surface area contributed by atoms with Crippen LogP contribution in [-0.4, -0.2) is 67.2 Å². The predicted octanol–water partition coefficient (Wildman–Crippen LogP) is -1.26. The number of hydrogen-bond donors (Lipinski definition) is 4. The molecular weight excluding hydrogens is 340 g/mol. The highest BCUT2D eigenvalue weighted by atomic mass is 16.3. The van der Waals surface area contributed by atoms with Crippen LogP contribution in [0.4, 0.5) is 0 Å². The number of likely N-dealkylation sites (tertiary alicyclic amines) is 1. The molecule has 10 heteroatoms. The molecule has 2 aromatic rings. The number of aromatic nitrogens is 4. The number of H-pyrrole nitrogens is 2. The fraction of sp³-hybridized carbons (Fsp3) is 0.438. The average Bonchev–Trinajstić information content (AvgIpc) is 2.96. The summed E-state index contributed by atoms with van der Waals surface area (Å²) >= 11 is 0. The second-order valence-corrected chi connectivity index (χ2v) is 6.23. The number of piperidine rings is 1. The van der Waals surface area contributed by atoms with Crippen molar-refractivity contribution in [2.45, 2.75) is 31.9 Å². The lowest BCUT2D eigenvalue weighted by Crippen LogP contribution is -2.55. The minimum atomic E-state index is -0.904. The van der Waals surface area contributed by atoms with E-state index >= 15 is 0 Å². The molecule has 0 bridgehead atoms. The normalized spacial score (nSPS) is 20.0. The first-order chi connectivity index (χ1) is 12.5. The second kappa shape index (κ2) is 7.48. The molecule has 1 aliphatic rings. The number of aliphatic hydroxyl groups excluding tert-OH is 1. The van der Waals surface area contributed by atoms with Crippen molar-refractivity contribution in [3.63, 3.8) is 0 Å². The van der Waals surface area contributed by atoms with Crippen LogP contribution in [0.5, 0.6) is 0 Å². The molecule has 0 spiro atoms. The first kappa shape index (κ1) is 17.8. The minimum Gasteiger partial charge on any atom is -0.389 e. The summed E-state index contributed by atoms with van der Waals surface area (Å²) in [4.78, 5) is 45.4. The van der Waals surface area contributed by atoms with E-state index in [2.05, 4.69) is 25.5 Å². The quantitative estimate of drug-likeness (QED) is 0.535. The Morgan fingerprint density at radius 2 is 2.19 bits per heavy atom. The van der Waals surface area contributed by atoms with Crippen molar-refractivity contribution in [3.05, 3.63) is 45.9 Å². The summed E-state index contributed by atoms with van der Waals surface area (Å²) in [7, 11) is 0. The highest BCUT2D eigenvalue weighted by Gasteiger charge is 2.32. The molecule has 138 valence electrons. The van der Waals surface area contributed by atoms with Crippen LogP contribution in [0.25, 0.3) is 0 Å². The molecular formula is C16H20N6O4. The summed E-state index contributed by atoms with van der Waals surface area (Å²) < 4.78 is 0. The molecule has 4 N–H and O–H groups in total. The maximum absolute atomic E-state index is 12.4. The lowest BCUT2D eigenvalue weighted by atomic mass is 10.0. The van der Waals surface area contributed by atoms with Gasteiger partial charge in [0.05, 0.1) is 24.8 Å². The van der Waals surface area contributed by atoms with Crippen LogP contribution in [0.1, 0.15) is 28.2 Å². The monoisotopic (exact) mass is 360 g/mol. The van der Waals surface area contributed by atoms with Crippen LogP contribution in [0.15, 0.2) is 23.4 Å². The Kier molecular flexibility index (Phi) is 5.12. The van der Waals surface area contributed by atoms with Gasteiger partial charge in [-0.15, -0.1) is 0 Å². The first-order valence-electron chi connectivity index (χ1n) is 8.24. The fourth-order valence-corrected chi connectivity index (χ4v) is 2.93. The van der Waals surface area contributed by atoms with Gasteiger partial charge in [-0.1, -0.05) is 0 Å². The Balaban J connectivity index is 1.57. The van der Waals surface area contributed by atoms with Crippen LogP contribution in [0, 0.1) is 6.92 Å². The molecule has 1 aliphatic heterocycles. The summed E-state index contributed by atoms with van der Waals surface area (Å²) in [5.41, 5.74) is 0.862. The summed E-state index contributed by atoms with van der Waals surface area (Å²) in [6.07, 6.45) is 3.69. The van der Waals surface area contributed by atoms with Gasteiger partial charge in [0.15, 0.2) is 0 Å². The van der Waals surface area contributed by atoms with Crippen molar-refractivity contribution in [1.82, 2.24) is 30.4 Å². The van der Waals surface area contributed by atoms with Gasteiger partial charge in [0.1, 0.15) is 5.69 Å². The van der Waals surface area contributed by atoms with Gasteiger partial charge in [-0.05, 0) is 13.3 Å². The number of aryl methyl sites for hydroxylation is 1. The van der Waals surface area contributed by atoms with E-state index in [4.69, 9.17) is 0 Å². The van der Waals surface area contributed by atoms with Crippen molar-refractivity contribution in [3.8, 4) is 0 Å². The Morgan fingerprint density at radius 3 is 2.81 bits per heavy atom. The van der Waals surface area contributed by atoms with E-state index in [1.165, 1.54) is 23.5 Å². The number of β-amino-alcohol motifs (C(OH)–C–C–N with tert-alkyl or cyclic N) is 1. The third-order valence-electron chi connectivity index (χ3n) is 4.47. The molecule has 3 rings (SSSR count). The molecule has 0 saturated carbocycles. The van der Waals surface area contributed by atoms with Crippen LogP contribution < -0.4 is 10.9 Å². The number of nitrogens with one attached hydrogen (secondary N) is 3. The smallest absolute Gasteiger partial charge is 0.271 e. The summed E-state index contributed by atoms with van der Waals surface area (Å²) in [6, 6.07) is -0.481. The van der Waals surface area contributed by atoms with Gasteiger partial charge >= 0.3 is 0 Å². The van der Waals surface area contributed by atoms with Crippen LogP contribution in [0.2, 0.25) is 0 Å². The number of carbonyl (C=O) groups is 2. The van der Waals surface area contributed by atoms with E-state index in [1.54, 1.807) is 6.92 Å². The fourth-order valence-electron chi connectivity index (χ4n) is 2.93. The van der Waals surface area contributed by atoms with Crippen molar-refractivity contribution >= 4 is 11.8 Å². The number of amides is 2. The average molecular weight is 360 g/mol. The van der Waals surface area contributed by atoms with Crippen molar-refractivity contribution in [1.29, 1.82) is 0 Å². The zero-order valence-corrected chi connectivity index (χ0v) is 14.2. The zero-order valence-electron chi connectivity index (χ0n) is 14.2. The minimum absolute atomic E-state index is 0.0337. The highest BCUT2D eigenvalue weighted by Crippen LogP contribution is 2.14. The molecule has 2 aromatic heterocycles. The SMILES string of the molecule is Cc1[nH][nH]c(=O)c1CC(=O)N1CC[C@@H](NC(=O)c2cnccn2)[C@H](O)C1. The van der Waals surface area contributed by atoms with E-state index in [0.717, 1.165) is 0 Å². The second-order valence-electron chi connectivity index (χ2n) is 6.23. The number of carbonyl (C=O) groups excluding carboxylic acids is 2. The van der Waals surface area contributed by atoms with Crippen molar-refractivity contribution in [2.75, 3.05) is 13.1 Å². The van der Waals surface area contributed by atoms with E-state index in [0.29, 0.717) is 24.2 Å². The molecule has 1 saturated heterocycles. The molecule has 0 unspecified atom stereocenters. The molecule has 2 amide bonds. The Bertz CT molecular complexity index is 846. The Hall–Kier alpha value is -3.01. The number of aromatic amines is 2. The number of nitrogens with zero attached hydrogens (tertiary/aromatic N) is 3. The maximum atomic E-state index is 12.4. The third-order valence-corrected chi connectivity index (χ3v) is 4.47. The van der Waals surface area contributed by atoms with Gasteiger partial charge in [0.2, 0.25) is 5.91 Å². The zero-order chi connectivity index (χ0) is 18.7. The lowest BCUT2D eigenvalue weighted by Gasteiger charge is -2.36. The van der Waals surface area contributed by atoms with Crippen LogP contribution >= 0.6 is 0 Å². The number of hydrogen-bond acceptors (Lipinski definition) is 6. The Labute approximate surface area is 148 Å². The van der Waals surface area contributed by atoms with Gasteiger partial charge in [-0.25, -0.2) is 4.98 Å². The van der Waals surface area contributed by atoms with Crippen molar-refractivity contribution < 1.29 is 14.7 Å². The molecule has 0 aromatic carbocycles. The third kappa shape index (κ3) is 3.80.